The van der Waals surface area contributed by atoms with Gasteiger partial charge >= 0.3 is 18.0 Å². The third kappa shape index (κ3) is 5.34. The van der Waals surface area contributed by atoms with Gasteiger partial charge in [0.25, 0.3) is 10.0 Å². The summed E-state index contributed by atoms with van der Waals surface area (Å²) in [7, 11) is -4.46. The summed E-state index contributed by atoms with van der Waals surface area (Å²) in [5.41, 5.74) is -4.00. The summed E-state index contributed by atoms with van der Waals surface area (Å²) in [6.45, 7) is 3.11. The first-order chi connectivity index (χ1) is 18.6. The predicted molar refractivity (Wildman–Crippen MR) is 136 cm³/mol. The van der Waals surface area contributed by atoms with E-state index in [1.165, 1.54) is 16.9 Å². The van der Waals surface area contributed by atoms with Crippen molar-refractivity contribution in [2.75, 3.05) is 15.7 Å². The SMILES string of the molecule is CCn1cc(S(=O)(=O)N2C[C@H](CCc3n[nH]c(=O)[nH]3)Oc3ccc(N(C(=O)O)C(C)(C)C(F)(F)F)cc32)c(Cl)n1. The number of nitrogens with zero attached hydrogens (tertiary/aromatic N) is 5. The fourth-order valence-corrected chi connectivity index (χ4v) is 6.12. The third-order valence-electron chi connectivity index (χ3n) is 6.41. The number of nitrogens with one attached hydrogen (secondary N) is 2. The van der Waals surface area contributed by atoms with Gasteiger partial charge in [0, 0.05) is 19.2 Å². The minimum Gasteiger partial charge on any atom is -0.486 e. The third-order valence-corrected chi connectivity index (χ3v) is 8.58. The van der Waals surface area contributed by atoms with Crippen molar-refractivity contribution >= 4 is 39.1 Å². The number of alkyl halides is 3. The summed E-state index contributed by atoms with van der Waals surface area (Å²) in [6.07, 6.45) is -6.02. The molecule has 0 unspecified atom stereocenters. The van der Waals surface area contributed by atoms with E-state index >= 15 is 0 Å². The molecule has 0 saturated carbocycles. The molecule has 0 aliphatic carbocycles. The van der Waals surface area contributed by atoms with E-state index in [9.17, 15) is 36.3 Å². The van der Waals surface area contributed by atoms with Crippen molar-refractivity contribution in [1.29, 1.82) is 0 Å². The van der Waals surface area contributed by atoms with Crippen LogP contribution in [0, 0.1) is 0 Å². The van der Waals surface area contributed by atoms with E-state index in [0.717, 1.165) is 16.4 Å². The molecule has 1 aromatic carbocycles. The molecule has 1 amide bonds. The number of carboxylic acid groups (broad SMARTS) is 1. The molecule has 0 fully saturated rings. The fourth-order valence-electron chi connectivity index (χ4n) is 4.17. The van der Waals surface area contributed by atoms with Gasteiger partial charge in [0.1, 0.15) is 28.1 Å². The maximum Gasteiger partial charge on any atom is 0.412 e. The Morgan fingerprint density at radius 2 is 2.02 bits per heavy atom. The Hall–Kier alpha value is -3.73. The van der Waals surface area contributed by atoms with Crippen LogP contribution >= 0.6 is 11.6 Å². The van der Waals surface area contributed by atoms with Gasteiger partial charge in [0.05, 0.1) is 17.9 Å². The van der Waals surface area contributed by atoms with Gasteiger partial charge < -0.3 is 9.84 Å². The van der Waals surface area contributed by atoms with E-state index in [2.05, 4.69) is 20.3 Å². The first-order valence-corrected chi connectivity index (χ1v) is 13.7. The maximum atomic E-state index is 13.9. The standard InChI is InChI=1S/C22H25ClF3N7O6S/c1-4-31-11-16(18(23)30-31)40(37,38)32-10-13(6-8-17-27-19(34)29-28-17)39-15-7-5-12(9-14(15)32)33(20(35)36)21(2,3)22(24,25)26/h5,7,9,11,13H,4,6,8,10H2,1-3H3,(H,35,36)(H2,27,28,29,34)/t13-/m0/s1. The quantitative estimate of drug-likeness (QED) is 0.350. The fraction of sp³-hybridized carbons (Fsp3) is 0.455. The van der Waals surface area contributed by atoms with E-state index in [1.807, 2.05) is 0 Å². The Morgan fingerprint density at radius 1 is 1.32 bits per heavy atom. The summed E-state index contributed by atoms with van der Waals surface area (Å²) in [6, 6.07) is 3.31. The minimum atomic E-state index is -4.95. The molecule has 2 aromatic heterocycles. The number of amides is 1. The molecule has 40 heavy (non-hydrogen) atoms. The van der Waals surface area contributed by atoms with Gasteiger partial charge in [-0.15, -0.1) is 0 Å². The molecule has 1 aliphatic rings. The Morgan fingerprint density at radius 3 is 2.58 bits per heavy atom. The Labute approximate surface area is 230 Å². The molecular formula is C22H25ClF3N7O6S. The van der Waals surface area contributed by atoms with Crippen LogP contribution in [0.25, 0.3) is 0 Å². The van der Waals surface area contributed by atoms with Gasteiger partial charge in [-0.25, -0.2) is 23.1 Å². The lowest BCUT2D eigenvalue weighted by molar-refractivity contribution is -0.175. The van der Waals surface area contributed by atoms with Crippen molar-refractivity contribution in [2.24, 2.45) is 0 Å². The van der Waals surface area contributed by atoms with Crippen molar-refractivity contribution in [2.45, 2.75) is 62.9 Å². The normalized spacial score (nSPS) is 16.0. The van der Waals surface area contributed by atoms with Crippen molar-refractivity contribution < 1.29 is 36.2 Å². The topological polar surface area (TPSA) is 167 Å². The van der Waals surface area contributed by atoms with Crippen LogP contribution in [0.5, 0.6) is 5.75 Å². The molecule has 218 valence electrons. The first-order valence-electron chi connectivity index (χ1n) is 11.9. The Kier molecular flexibility index (Phi) is 7.57. The van der Waals surface area contributed by atoms with Gasteiger partial charge in [-0.3, -0.25) is 18.9 Å². The van der Waals surface area contributed by atoms with Crippen molar-refractivity contribution in [3.63, 3.8) is 0 Å². The number of rotatable bonds is 8. The average Bonchev–Trinajstić information content (AvgIpc) is 3.46. The molecule has 3 heterocycles. The van der Waals surface area contributed by atoms with E-state index in [0.29, 0.717) is 26.2 Å². The van der Waals surface area contributed by atoms with E-state index in [4.69, 9.17) is 16.3 Å². The average molecular weight is 608 g/mol. The molecule has 1 aliphatic heterocycles. The zero-order chi connectivity index (χ0) is 29.6. The largest absolute Gasteiger partial charge is 0.486 e. The number of aryl methyl sites for hydroxylation is 2. The minimum absolute atomic E-state index is 0.0201. The van der Waals surface area contributed by atoms with Crippen LogP contribution in [0.2, 0.25) is 5.15 Å². The molecule has 13 nitrogen and oxygen atoms in total. The highest BCUT2D eigenvalue weighted by atomic mass is 35.5. The van der Waals surface area contributed by atoms with Gasteiger partial charge in [-0.1, -0.05) is 11.6 Å². The summed E-state index contributed by atoms with van der Waals surface area (Å²) < 4.78 is 77.3. The second kappa shape index (κ2) is 10.3. The van der Waals surface area contributed by atoms with E-state index in [1.54, 1.807) is 6.92 Å². The van der Waals surface area contributed by atoms with Crippen LogP contribution < -0.4 is 19.6 Å². The molecule has 1 atom stereocenters. The summed E-state index contributed by atoms with van der Waals surface area (Å²) in [5, 5.41) is 19.4. The zero-order valence-corrected chi connectivity index (χ0v) is 22.9. The van der Waals surface area contributed by atoms with Crippen LogP contribution in [0.1, 0.15) is 33.0 Å². The lowest BCUT2D eigenvalue weighted by atomic mass is 10.0. The predicted octanol–water partition coefficient (Wildman–Crippen LogP) is 3.38. The lowest BCUT2D eigenvalue weighted by Gasteiger charge is -2.39. The van der Waals surface area contributed by atoms with Crippen molar-refractivity contribution in [3.05, 3.63) is 45.9 Å². The highest BCUT2D eigenvalue weighted by Crippen LogP contribution is 2.44. The molecule has 3 N–H and O–H groups in total. The molecule has 0 radical (unpaired) electrons. The van der Waals surface area contributed by atoms with Gasteiger partial charge in [-0.2, -0.15) is 23.4 Å². The second-order valence-corrected chi connectivity index (χ2v) is 11.6. The monoisotopic (exact) mass is 607 g/mol. The molecule has 0 spiro atoms. The van der Waals surface area contributed by atoms with Crippen LogP contribution in [-0.2, 0) is 23.0 Å². The number of anilines is 2. The number of sulfonamides is 1. The Bertz CT molecular complexity index is 1580. The Balaban J connectivity index is 1.81. The van der Waals surface area contributed by atoms with Gasteiger partial charge in [0.15, 0.2) is 5.15 Å². The van der Waals surface area contributed by atoms with Gasteiger partial charge in [0.2, 0.25) is 0 Å². The van der Waals surface area contributed by atoms with E-state index < -0.39 is 45.3 Å². The first kappa shape index (κ1) is 29.3. The zero-order valence-electron chi connectivity index (χ0n) is 21.4. The number of hydrogen-bond donors (Lipinski definition) is 3. The van der Waals surface area contributed by atoms with Gasteiger partial charge in [-0.05, 0) is 45.4 Å². The highest BCUT2D eigenvalue weighted by molar-refractivity contribution is 7.93. The number of aromatic amines is 2. The molecule has 3 aromatic rings. The number of ether oxygens (including phenoxy) is 1. The number of benzene rings is 1. The number of fused-ring (bicyclic) bond motifs is 1. The summed E-state index contributed by atoms with van der Waals surface area (Å²) >= 11 is 6.14. The number of H-pyrrole nitrogens is 2. The summed E-state index contributed by atoms with van der Waals surface area (Å²) in [4.78, 5) is 25.6. The molecule has 4 rings (SSSR count). The molecule has 0 saturated heterocycles. The number of halogens is 4. The molecule has 18 heteroatoms. The maximum absolute atomic E-state index is 13.9. The van der Waals surface area contributed by atoms with E-state index in [-0.39, 0.29) is 45.8 Å². The van der Waals surface area contributed by atoms with Crippen molar-refractivity contribution in [1.82, 2.24) is 25.0 Å². The molecule has 0 bridgehead atoms. The van der Waals surface area contributed by atoms with Crippen LogP contribution in [0.15, 0.2) is 34.1 Å². The number of carbonyl (C=O) groups is 1. The van der Waals surface area contributed by atoms with Crippen molar-refractivity contribution in [3.8, 4) is 5.75 Å². The lowest BCUT2D eigenvalue weighted by Crippen LogP contribution is -2.57. The number of hydrogen-bond acceptors (Lipinski definition) is 7. The van der Waals surface area contributed by atoms with Crippen LogP contribution in [-0.4, -0.2) is 68.9 Å². The van der Waals surface area contributed by atoms with Crippen LogP contribution in [0.4, 0.5) is 29.3 Å². The number of aromatic nitrogens is 5. The molecular weight excluding hydrogens is 583 g/mol. The highest BCUT2D eigenvalue weighted by Gasteiger charge is 2.54. The smallest absolute Gasteiger partial charge is 0.412 e. The second-order valence-electron chi connectivity index (χ2n) is 9.41. The van der Waals surface area contributed by atoms with Crippen LogP contribution in [0.3, 0.4) is 0 Å². The summed E-state index contributed by atoms with van der Waals surface area (Å²) in [5.74, 6) is 0.288.